The first-order chi connectivity index (χ1) is 9.10. The predicted octanol–water partition coefficient (Wildman–Crippen LogP) is 1.58. The molecule has 0 aliphatic heterocycles. The van der Waals surface area contributed by atoms with Crippen LogP contribution in [-0.2, 0) is 0 Å². The van der Waals surface area contributed by atoms with E-state index >= 15 is 0 Å². The van der Waals surface area contributed by atoms with E-state index in [1.807, 2.05) is 6.07 Å². The van der Waals surface area contributed by atoms with E-state index in [0.29, 0.717) is 0 Å². The smallest absolute Gasteiger partial charge is 0.312 e. The average Bonchev–Trinajstić information content (AvgIpc) is 2.88. The lowest BCUT2D eigenvalue weighted by atomic mass is 9.99. The number of anilines is 1. The number of nitrogens with one attached hydrogen (secondary N) is 1. The number of hydrogen-bond donors (Lipinski definition) is 2. The van der Waals surface area contributed by atoms with Crippen molar-refractivity contribution < 1.29 is 10.0 Å². The summed E-state index contributed by atoms with van der Waals surface area (Å²) in [6.07, 6.45) is 4.73. The first kappa shape index (κ1) is 13.2. The molecule has 0 radical (unpaired) electrons. The summed E-state index contributed by atoms with van der Waals surface area (Å²) in [5.74, 6) is 0.111. The number of aliphatic hydroxyl groups excluding tert-OH is 1. The topological polar surface area (TPSA) is 112 Å². The third-order valence-electron chi connectivity index (χ3n) is 3.44. The van der Waals surface area contributed by atoms with E-state index in [-0.39, 0.29) is 23.7 Å². The van der Waals surface area contributed by atoms with Gasteiger partial charge in [-0.2, -0.15) is 5.26 Å². The fourth-order valence-electron chi connectivity index (χ4n) is 2.38. The van der Waals surface area contributed by atoms with Crippen molar-refractivity contribution in [3.63, 3.8) is 0 Å². The highest BCUT2D eigenvalue weighted by Gasteiger charge is 2.35. The van der Waals surface area contributed by atoms with E-state index in [4.69, 9.17) is 5.26 Å². The zero-order valence-corrected chi connectivity index (χ0v) is 10.3. The van der Waals surface area contributed by atoms with Crippen molar-refractivity contribution in [2.45, 2.75) is 31.2 Å². The van der Waals surface area contributed by atoms with Crippen LogP contribution in [0.5, 0.6) is 0 Å². The molecule has 7 heteroatoms. The molecule has 1 saturated carbocycles. The minimum Gasteiger partial charge on any atom is -0.394 e. The Morgan fingerprint density at radius 2 is 2.26 bits per heavy atom. The third kappa shape index (κ3) is 2.63. The maximum atomic E-state index is 11.0. The molecule has 0 saturated heterocycles. The molecule has 100 valence electrons. The quantitative estimate of drug-likeness (QED) is 0.629. The fourth-order valence-corrected chi connectivity index (χ4v) is 2.38. The van der Waals surface area contributed by atoms with Crippen molar-refractivity contribution >= 4 is 11.5 Å². The second-order valence-electron chi connectivity index (χ2n) is 4.73. The lowest BCUT2D eigenvalue weighted by Gasteiger charge is -2.28. The molecule has 7 nitrogen and oxygen atoms in total. The Labute approximate surface area is 110 Å². The number of hydrogen-bond acceptors (Lipinski definition) is 6. The molecule has 2 N–H and O–H groups in total. The minimum absolute atomic E-state index is 0.0914. The van der Waals surface area contributed by atoms with Crippen molar-refractivity contribution in [1.29, 1.82) is 5.26 Å². The largest absolute Gasteiger partial charge is 0.394 e. The van der Waals surface area contributed by atoms with Crippen LogP contribution < -0.4 is 5.32 Å². The number of nitrogens with zero attached hydrogens (tertiary/aromatic N) is 3. The molecule has 0 unspecified atom stereocenters. The summed E-state index contributed by atoms with van der Waals surface area (Å²) in [6.45, 7) is -0.0914. The van der Waals surface area contributed by atoms with Gasteiger partial charge in [0.1, 0.15) is 6.07 Å². The van der Waals surface area contributed by atoms with Crippen molar-refractivity contribution in [2.75, 3.05) is 11.9 Å². The molecule has 1 aliphatic rings. The second kappa shape index (κ2) is 5.20. The highest BCUT2D eigenvalue weighted by Crippen LogP contribution is 2.34. The van der Waals surface area contributed by atoms with E-state index in [0.717, 1.165) is 25.7 Å². The summed E-state index contributed by atoms with van der Waals surface area (Å²) in [6, 6.07) is 3.01. The number of pyridine rings is 1. The summed E-state index contributed by atoms with van der Waals surface area (Å²) in [4.78, 5) is 14.4. The molecule has 0 bridgehead atoms. The van der Waals surface area contributed by atoms with Crippen LogP contribution in [0, 0.1) is 21.4 Å². The number of rotatable bonds is 4. The summed E-state index contributed by atoms with van der Waals surface area (Å²) in [5, 5.41) is 32.2. The van der Waals surface area contributed by atoms with Gasteiger partial charge in [0, 0.05) is 12.3 Å². The van der Waals surface area contributed by atoms with Crippen molar-refractivity contribution in [3.8, 4) is 6.07 Å². The zero-order chi connectivity index (χ0) is 13.9. The lowest BCUT2D eigenvalue weighted by molar-refractivity contribution is -0.384. The van der Waals surface area contributed by atoms with Gasteiger partial charge in [-0.3, -0.25) is 10.1 Å². The van der Waals surface area contributed by atoms with Gasteiger partial charge in [-0.25, -0.2) is 4.98 Å². The fraction of sp³-hybridized carbons (Fsp3) is 0.500. The third-order valence-corrected chi connectivity index (χ3v) is 3.44. The predicted molar refractivity (Wildman–Crippen MR) is 67.5 cm³/mol. The van der Waals surface area contributed by atoms with Gasteiger partial charge >= 0.3 is 5.69 Å². The van der Waals surface area contributed by atoms with Crippen LogP contribution in [-0.4, -0.2) is 27.2 Å². The Bertz CT molecular complexity index is 532. The Morgan fingerprint density at radius 3 is 2.79 bits per heavy atom. The Morgan fingerprint density at radius 1 is 1.58 bits per heavy atom. The van der Waals surface area contributed by atoms with E-state index in [1.54, 1.807) is 0 Å². The first-order valence-corrected chi connectivity index (χ1v) is 6.04. The number of nitriles is 1. The van der Waals surface area contributed by atoms with Gasteiger partial charge in [-0.15, -0.1) is 0 Å². The van der Waals surface area contributed by atoms with Gasteiger partial charge in [0.2, 0.25) is 5.82 Å². The molecular formula is C12H14N4O3. The Balaban J connectivity index is 2.34. The lowest BCUT2D eigenvalue weighted by Crippen LogP contribution is -2.39. The normalized spacial score (nSPS) is 16.8. The molecule has 1 fully saturated rings. The molecule has 1 aliphatic carbocycles. The Hall–Kier alpha value is -2.20. The molecule has 0 aromatic carbocycles. The summed E-state index contributed by atoms with van der Waals surface area (Å²) >= 11 is 0. The SMILES string of the molecule is N#Cc1cnc(NC2(CO)CCCC2)c([N+](=O)[O-])c1. The minimum atomic E-state index is -0.573. The Kier molecular flexibility index (Phi) is 3.62. The van der Waals surface area contributed by atoms with E-state index in [2.05, 4.69) is 10.3 Å². The van der Waals surface area contributed by atoms with Crippen LogP contribution in [0.1, 0.15) is 31.2 Å². The van der Waals surface area contributed by atoms with Gasteiger partial charge in [0.05, 0.1) is 22.6 Å². The van der Waals surface area contributed by atoms with Gasteiger partial charge in [-0.1, -0.05) is 12.8 Å². The van der Waals surface area contributed by atoms with E-state index < -0.39 is 10.5 Å². The molecule has 19 heavy (non-hydrogen) atoms. The second-order valence-corrected chi connectivity index (χ2v) is 4.73. The van der Waals surface area contributed by atoms with Crippen LogP contribution in [0.25, 0.3) is 0 Å². The number of nitro groups is 1. The molecule has 1 aromatic heterocycles. The van der Waals surface area contributed by atoms with Crippen LogP contribution in [0.4, 0.5) is 11.5 Å². The highest BCUT2D eigenvalue weighted by atomic mass is 16.6. The van der Waals surface area contributed by atoms with Crippen LogP contribution >= 0.6 is 0 Å². The monoisotopic (exact) mass is 262 g/mol. The maximum absolute atomic E-state index is 11.0. The summed E-state index contributed by atoms with van der Waals surface area (Å²) in [7, 11) is 0. The highest BCUT2D eigenvalue weighted by molar-refractivity contribution is 5.59. The van der Waals surface area contributed by atoms with Crippen molar-refractivity contribution in [3.05, 3.63) is 27.9 Å². The molecule has 2 rings (SSSR count). The molecule has 1 aromatic rings. The van der Waals surface area contributed by atoms with Gasteiger partial charge in [-0.05, 0) is 12.8 Å². The zero-order valence-electron chi connectivity index (χ0n) is 10.3. The van der Waals surface area contributed by atoms with Gasteiger partial charge < -0.3 is 10.4 Å². The summed E-state index contributed by atoms with van der Waals surface area (Å²) < 4.78 is 0. The molecule has 0 amide bonds. The number of aliphatic hydroxyl groups is 1. The molecular weight excluding hydrogens is 248 g/mol. The number of aromatic nitrogens is 1. The van der Waals surface area contributed by atoms with Gasteiger partial charge in [0.15, 0.2) is 0 Å². The van der Waals surface area contributed by atoms with E-state index in [9.17, 15) is 15.2 Å². The first-order valence-electron chi connectivity index (χ1n) is 6.04. The van der Waals surface area contributed by atoms with Gasteiger partial charge in [0.25, 0.3) is 0 Å². The summed E-state index contributed by atoms with van der Waals surface area (Å²) in [5.41, 5.74) is -0.633. The molecule has 0 spiro atoms. The average molecular weight is 262 g/mol. The molecule has 1 heterocycles. The van der Waals surface area contributed by atoms with Crippen LogP contribution in [0.15, 0.2) is 12.3 Å². The van der Waals surface area contributed by atoms with Crippen LogP contribution in [0.3, 0.4) is 0 Å². The van der Waals surface area contributed by atoms with Crippen LogP contribution in [0.2, 0.25) is 0 Å². The standard InChI is InChI=1S/C12H14N4O3/c13-6-9-5-10(16(18)19)11(14-7-9)15-12(8-17)3-1-2-4-12/h5,7,17H,1-4,8H2,(H,14,15). The van der Waals surface area contributed by atoms with Crippen molar-refractivity contribution in [1.82, 2.24) is 4.98 Å². The van der Waals surface area contributed by atoms with E-state index in [1.165, 1.54) is 12.3 Å². The maximum Gasteiger partial charge on any atom is 0.312 e. The van der Waals surface area contributed by atoms with Crippen molar-refractivity contribution in [2.24, 2.45) is 0 Å². The molecule has 0 atom stereocenters.